The van der Waals surface area contributed by atoms with Crippen molar-refractivity contribution in [3.8, 4) is 11.5 Å². The van der Waals surface area contributed by atoms with Gasteiger partial charge in [-0.1, -0.05) is 54.6 Å². The maximum Gasteiger partial charge on any atom is 0.151 e. The number of ether oxygens (including phenoxy) is 2. The molecule has 3 aromatic carbocycles. The van der Waals surface area contributed by atoms with Crippen LogP contribution >= 0.6 is 0 Å². The van der Waals surface area contributed by atoms with Gasteiger partial charge in [0.15, 0.2) is 11.5 Å². The fourth-order valence-electron chi connectivity index (χ4n) is 4.45. The second-order valence-electron chi connectivity index (χ2n) is 7.73. The van der Waals surface area contributed by atoms with Crippen LogP contribution < -0.4 is 9.64 Å². The summed E-state index contributed by atoms with van der Waals surface area (Å²) in [5.74, 6) is 1.65. The average molecular weight is 387 g/mol. The van der Waals surface area contributed by atoms with Gasteiger partial charge < -0.3 is 19.5 Å². The summed E-state index contributed by atoms with van der Waals surface area (Å²) in [7, 11) is 0. The number of hydrogen-bond acceptors (Lipinski definition) is 4. The van der Waals surface area contributed by atoms with E-state index >= 15 is 0 Å². The van der Waals surface area contributed by atoms with E-state index in [0.717, 1.165) is 47.7 Å². The Morgan fingerprint density at radius 2 is 1.45 bits per heavy atom. The van der Waals surface area contributed by atoms with Gasteiger partial charge in [-0.25, -0.2) is 0 Å². The Hall–Kier alpha value is -2.82. The Balaban J connectivity index is 1.43. The fourth-order valence-corrected chi connectivity index (χ4v) is 4.45. The van der Waals surface area contributed by atoms with E-state index in [0.29, 0.717) is 6.61 Å². The first-order chi connectivity index (χ1) is 14.3. The van der Waals surface area contributed by atoms with Crippen molar-refractivity contribution < 1.29 is 14.6 Å². The molecule has 0 radical (unpaired) electrons. The zero-order valence-corrected chi connectivity index (χ0v) is 16.3. The average Bonchev–Trinajstić information content (AvgIpc) is 2.78. The maximum absolute atomic E-state index is 11.3. The molecule has 3 aromatic rings. The lowest BCUT2D eigenvalue weighted by Crippen LogP contribution is -2.51. The van der Waals surface area contributed by atoms with E-state index in [2.05, 4.69) is 29.2 Å². The second-order valence-corrected chi connectivity index (χ2v) is 7.73. The van der Waals surface area contributed by atoms with Gasteiger partial charge in [0.25, 0.3) is 0 Å². The highest BCUT2D eigenvalue weighted by molar-refractivity contribution is 5.78. The first-order valence-electron chi connectivity index (χ1n) is 10.3. The molecule has 0 spiro atoms. The van der Waals surface area contributed by atoms with Crippen LogP contribution in [0.1, 0.15) is 24.8 Å². The van der Waals surface area contributed by atoms with E-state index in [1.165, 1.54) is 0 Å². The van der Waals surface area contributed by atoms with Crippen molar-refractivity contribution in [2.24, 2.45) is 0 Å². The quantitative estimate of drug-likeness (QED) is 0.648. The van der Waals surface area contributed by atoms with Crippen molar-refractivity contribution >= 4 is 11.4 Å². The molecule has 1 heterocycles. The molecule has 0 bridgehead atoms. The summed E-state index contributed by atoms with van der Waals surface area (Å²) in [6.07, 6.45) is 2.04. The van der Waals surface area contributed by atoms with Crippen LogP contribution in [-0.2, 0) is 11.3 Å². The number of hydrogen-bond donors (Lipinski definition) is 1. The highest BCUT2D eigenvalue weighted by Gasteiger charge is 2.40. The maximum atomic E-state index is 11.3. The van der Waals surface area contributed by atoms with Crippen LogP contribution in [-0.4, -0.2) is 23.4 Å². The zero-order valence-electron chi connectivity index (χ0n) is 16.3. The number of nitrogens with zero attached hydrogens (tertiary/aromatic N) is 1. The number of aliphatic hydroxyl groups excluding tert-OH is 1. The Bertz CT molecular complexity index is 929. The second kappa shape index (κ2) is 7.90. The monoisotopic (exact) mass is 387 g/mol. The first-order valence-corrected chi connectivity index (χ1v) is 10.3. The van der Waals surface area contributed by atoms with E-state index < -0.39 is 6.10 Å². The largest absolute Gasteiger partial charge is 0.453 e. The molecule has 1 fully saturated rings. The van der Waals surface area contributed by atoms with Crippen molar-refractivity contribution in [3.05, 3.63) is 84.4 Å². The topological polar surface area (TPSA) is 41.9 Å². The van der Waals surface area contributed by atoms with Crippen molar-refractivity contribution in [3.63, 3.8) is 0 Å². The molecule has 5 rings (SSSR count). The van der Waals surface area contributed by atoms with Gasteiger partial charge in [-0.3, -0.25) is 0 Å². The lowest BCUT2D eigenvalue weighted by atomic mass is 9.87. The predicted molar refractivity (Wildman–Crippen MR) is 114 cm³/mol. The van der Waals surface area contributed by atoms with Crippen LogP contribution in [0.2, 0.25) is 0 Å². The molecule has 0 unspecified atom stereocenters. The molecule has 29 heavy (non-hydrogen) atoms. The number of rotatable bonds is 4. The first kappa shape index (κ1) is 18.2. The zero-order chi connectivity index (χ0) is 19.6. The molecule has 1 N–H and O–H groups in total. The molecule has 1 aliphatic heterocycles. The number of fused-ring (bicyclic) bond motifs is 2. The van der Waals surface area contributed by atoms with Gasteiger partial charge in [0.2, 0.25) is 0 Å². The summed E-state index contributed by atoms with van der Waals surface area (Å²) in [4.78, 5) is 2.25. The summed E-state index contributed by atoms with van der Waals surface area (Å²) in [6, 6.07) is 26.2. The minimum Gasteiger partial charge on any atom is -0.453 e. The van der Waals surface area contributed by atoms with Crippen LogP contribution in [0.25, 0.3) is 0 Å². The Labute approximate surface area is 171 Å². The SMILES string of the molecule is O[C@H]1[C@@H](OCc2ccccc2)CCC[C@@H]1N1c2ccccc2Oc2ccccc21. The standard InChI is InChI=1S/C25H25NO3/c27-25-21(13-8-16-24(25)28-17-18-9-2-1-3-10-18)26-19-11-4-6-14-22(19)29-23-15-7-5-12-20(23)26/h1-7,9-12,14-15,21,24-25,27H,8,13,16-17H2/t21-,24-,25+/m0/s1. The number of benzene rings is 3. The highest BCUT2D eigenvalue weighted by atomic mass is 16.5. The molecule has 0 saturated heterocycles. The van der Waals surface area contributed by atoms with Gasteiger partial charge in [-0.05, 0) is 49.1 Å². The third-order valence-corrected chi connectivity index (χ3v) is 5.87. The molecule has 3 atom stereocenters. The van der Waals surface area contributed by atoms with Crippen LogP contribution in [0.3, 0.4) is 0 Å². The van der Waals surface area contributed by atoms with Crippen molar-refractivity contribution in [1.82, 2.24) is 0 Å². The van der Waals surface area contributed by atoms with Crippen molar-refractivity contribution in [2.75, 3.05) is 4.90 Å². The van der Waals surface area contributed by atoms with Gasteiger partial charge in [0, 0.05) is 0 Å². The van der Waals surface area contributed by atoms with E-state index in [9.17, 15) is 5.11 Å². The normalized spacial score (nSPS) is 23.1. The molecule has 1 aliphatic carbocycles. The van der Waals surface area contributed by atoms with Crippen LogP contribution in [0, 0.1) is 0 Å². The van der Waals surface area contributed by atoms with Gasteiger partial charge in [0.05, 0.1) is 30.1 Å². The number of para-hydroxylation sites is 4. The number of anilines is 2. The molecule has 148 valence electrons. The fraction of sp³-hybridized carbons (Fsp3) is 0.280. The van der Waals surface area contributed by atoms with Gasteiger partial charge in [-0.2, -0.15) is 0 Å². The Morgan fingerprint density at radius 1 is 0.828 bits per heavy atom. The van der Waals surface area contributed by atoms with E-state index in [4.69, 9.17) is 9.47 Å². The highest BCUT2D eigenvalue weighted by Crippen LogP contribution is 2.49. The van der Waals surface area contributed by atoms with E-state index in [-0.39, 0.29) is 12.1 Å². The summed E-state index contributed by atoms with van der Waals surface area (Å²) in [5, 5.41) is 11.3. The predicted octanol–water partition coefficient (Wildman–Crippen LogP) is 5.43. The smallest absolute Gasteiger partial charge is 0.151 e. The molecule has 0 amide bonds. The summed E-state index contributed by atoms with van der Waals surface area (Å²) in [6.45, 7) is 0.519. The van der Waals surface area contributed by atoms with Gasteiger partial charge in [-0.15, -0.1) is 0 Å². The minimum absolute atomic E-state index is 0.0595. The van der Waals surface area contributed by atoms with E-state index in [1.807, 2.05) is 54.6 Å². The van der Waals surface area contributed by atoms with Crippen LogP contribution in [0.5, 0.6) is 11.5 Å². The lowest BCUT2D eigenvalue weighted by molar-refractivity contribution is -0.0740. The Kier molecular flexibility index (Phi) is 4.96. The minimum atomic E-state index is -0.577. The summed E-state index contributed by atoms with van der Waals surface area (Å²) in [5.41, 5.74) is 3.13. The number of aliphatic hydroxyl groups is 1. The molecular formula is C25H25NO3. The van der Waals surface area contributed by atoms with Crippen molar-refractivity contribution in [1.29, 1.82) is 0 Å². The molecule has 4 heteroatoms. The molecule has 4 nitrogen and oxygen atoms in total. The molecular weight excluding hydrogens is 362 g/mol. The lowest BCUT2D eigenvalue weighted by Gasteiger charge is -2.44. The molecule has 0 aromatic heterocycles. The third kappa shape index (κ3) is 3.50. The Morgan fingerprint density at radius 3 is 2.14 bits per heavy atom. The van der Waals surface area contributed by atoms with E-state index in [1.54, 1.807) is 0 Å². The van der Waals surface area contributed by atoms with Crippen molar-refractivity contribution in [2.45, 2.75) is 44.1 Å². The summed E-state index contributed by atoms with van der Waals surface area (Å²) >= 11 is 0. The van der Waals surface area contributed by atoms with Crippen LogP contribution in [0.4, 0.5) is 11.4 Å². The third-order valence-electron chi connectivity index (χ3n) is 5.87. The van der Waals surface area contributed by atoms with Crippen LogP contribution in [0.15, 0.2) is 78.9 Å². The summed E-state index contributed by atoms with van der Waals surface area (Å²) < 4.78 is 12.3. The molecule has 2 aliphatic rings. The van der Waals surface area contributed by atoms with Gasteiger partial charge >= 0.3 is 0 Å². The molecule has 1 saturated carbocycles. The van der Waals surface area contributed by atoms with Gasteiger partial charge in [0.1, 0.15) is 6.10 Å².